The third-order valence-corrected chi connectivity index (χ3v) is 3.81. The molecule has 0 aromatic heterocycles. The maximum atomic E-state index is 13.7. The van der Waals surface area contributed by atoms with Gasteiger partial charge in [-0.05, 0) is 36.2 Å². The van der Waals surface area contributed by atoms with Crippen molar-refractivity contribution in [1.82, 2.24) is 5.32 Å². The normalized spacial score (nSPS) is 12.6. The van der Waals surface area contributed by atoms with Crippen molar-refractivity contribution in [2.45, 2.75) is 26.1 Å². The van der Waals surface area contributed by atoms with Crippen LogP contribution in [0.4, 0.5) is 23.2 Å². The van der Waals surface area contributed by atoms with Crippen molar-refractivity contribution in [3.05, 3.63) is 65.5 Å². The Morgan fingerprint density at radius 1 is 1.00 bits per heavy atom. The summed E-state index contributed by atoms with van der Waals surface area (Å²) in [4.78, 5) is 24.7. The van der Waals surface area contributed by atoms with Crippen molar-refractivity contribution in [3.8, 4) is 0 Å². The van der Waals surface area contributed by atoms with Crippen molar-refractivity contribution in [2.24, 2.45) is 5.92 Å². The van der Waals surface area contributed by atoms with Crippen molar-refractivity contribution in [2.75, 3.05) is 5.32 Å². The second-order valence-electron chi connectivity index (χ2n) is 6.24. The number of carbonyl (C=O) groups is 2. The Balaban J connectivity index is 2.16. The standard InChI is InChI=1S/C19H18F4N2O2/c1-11(2)16(25-17(26)14-8-3-4-9-15(14)20)18(27)24-13-7-5-6-12(10-13)19(21,22)23/h3-11,16H,1-2H3,(H,24,27)(H,25,26)/t16-/m0/s1. The molecule has 2 N–H and O–H groups in total. The van der Waals surface area contributed by atoms with Crippen LogP contribution in [0.5, 0.6) is 0 Å². The lowest BCUT2D eigenvalue weighted by Crippen LogP contribution is -2.47. The summed E-state index contributed by atoms with van der Waals surface area (Å²) in [7, 11) is 0. The Hall–Kier alpha value is -2.90. The summed E-state index contributed by atoms with van der Waals surface area (Å²) in [6.07, 6.45) is -4.54. The molecule has 0 unspecified atom stereocenters. The molecule has 2 aromatic carbocycles. The van der Waals surface area contributed by atoms with Crippen LogP contribution in [-0.4, -0.2) is 17.9 Å². The Labute approximate surface area is 153 Å². The lowest BCUT2D eigenvalue weighted by atomic mass is 10.0. The fourth-order valence-corrected chi connectivity index (χ4v) is 2.39. The third kappa shape index (κ3) is 5.29. The minimum absolute atomic E-state index is 0.0550. The molecule has 0 aliphatic rings. The molecule has 144 valence electrons. The van der Waals surface area contributed by atoms with Gasteiger partial charge in [0.05, 0.1) is 11.1 Å². The summed E-state index contributed by atoms with van der Waals surface area (Å²) >= 11 is 0. The molecule has 1 atom stereocenters. The first-order valence-electron chi connectivity index (χ1n) is 8.13. The molecular formula is C19H18F4N2O2. The molecular weight excluding hydrogens is 364 g/mol. The number of benzene rings is 2. The molecule has 0 bridgehead atoms. The number of alkyl halides is 3. The van der Waals surface area contributed by atoms with Gasteiger partial charge in [-0.25, -0.2) is 4.39 Å². The molecule has 0 fully saturated rings. The van der Waals surface area contributed by atoms with Crippen LogP contribution in [0.1, 0.15) is 29.8 Å². The quantitative estimate of drug-likeness (QED) is 0.760. The molecule has 2 aromatic rings. The van der Waals surface area contributed by atoms with E-state index in [1.165, 1.54) is 30.3 Å². The zero-order chi connectivity index (χ0) is 20.2. The van der Waals surface area contributed by atoms with Crippen molar-refractivity contribution >= 4 is 17.5 Å². The van der Waals surface area contributed by atoms with Crippen LogP contribution in [0.15, 0.2) is 48.5 Å². The predicted octanol–water partition coefficient (Wildman–Crippen LogP) is 4.24. The second kappa shape index (κ2) is 8.20. The van der Waals surface area contributed by atoms with Gasteiger partial charge < -0.3 is 10.6 Å². The minimum Gasteiger partial charge on any atom is -0.340 e. The SMILES string of the molecule is CC(C)[C@H](NC(=O)c1ccccc1F)C(=O)Nc1cccc(C(F)(F)F)c1. The zero-order valence-corrected chi connectivity index (χ0v) is 14.6. The number of amides is 2. The monoisotopic (exact) mass is 382 g/mol. The topological polar surface area (TPSA) is 58.2 Å². The third-order valence-electron chi connectivity index (χ3n) is 3.81. The summed E-state index contributed by atoms with van der Waals surface area (Å²) in [5.74, 6) is -2.61. The van der Waals surface area contributed by atoms with E-state index in [4.69, 9.17) is 0 Å². The van der Waals surface area contributed by atoms with Crippen LogP contribution < -0.4 is 10.6 Å². The van der Waals surface area contributed by atoms with Gasteiger partial charge in [-0.3, -0.25) is 9.59 Å². The number of halogens is 4. The number of nitrogens with one attached hydrogen (secondary N) is 2. The second-order valence-corrected chi connectivity index (χ2v) is 6.24. The van der Waals surface area contributed by atoms with Crippen molar-refractivity contribution in [3.63, 3.8) is 0 Å². The van der Waals surface area contributed by atoms with Gasteiger partial charge in [0, 0.05) is 5.69 Å². The average Bonchev–Trinajstić information content (AvgIpc) is 2.59. The highest BCUT2D eigenvalue weighted by molar-refractivity contribution is 6.01. The molecule has 4 nitrogen and oxygen atoms in total. The van der Waals surface area contributed by atoms with E-state index in [0.29, 0.717) is 0 Å². The largest absolute Gasteiger partial charge is 0.416 e. The van der Waals surface area contributed by atoms with E-state index in [0.717, 1.165) is 18.2 Å². The maximum absolute atomic E-state index is 13.7. The van der Waals surface area contributed by atoms with E-state index >= 15 is 0 Å². The summed E-state index contributed by atoms with van der Waals surface area (Å²) in [6, 6.07) is 8.38. The van der Waals surface area contributed by atoms with E-state index in [-0.39, 0.29) is 17.2 Å². The van der Waals surface area contributed by atoms with E-state index in [1.54, 1.807) is 13.8 Å². The van der Waals surface area contributed by atoms with Gasteiger partial charge in [-0.2, -0.15) is 13.2 Å². The average molecular weight is 382 g/mol. The Bertz CT molecular complexity index is 834. The van der Waals surface area contributed by atoms with Gasteiger partial charge in [0.15, 0.2) is 0 Å². The number of carbonyl (C=O) groups excluding carboxylic acids is 2. The first kappa shape index (κ1) is 20.4. The molecule has 0 heterocycles. The number of hydrogen-bond donors (Lipinski definition) is 2. The lowest BCUT2D eigenvalue weighted by Gasteiger charge is -2.22. The maximum Gasteiger partial charge on any atom is 0.416 e. The molecule has 2 amide bonds. The molecule has 0 spiro atoms. The lowest BCUT2D eigenvalue weighted by molar-refractivity contribution is -0.137. The highest BCUT2D eigenvalue weighted by Gasteiger charge is 2.31. The Morgan fingerprint density at radius 3 is 2.26 bits per heavy atom. The fraction of sp³-hybridized carbons (Fsp3) is 0.263. The molecule has 0 aliphatic carbocycles. The van der Waals surface area contributed by atoms with Crippen molar-refractivity contribution < 1.29 is 27.2 Å². The predicted molar refractivity (Wildman–Crippen MR) is 92.6 cm³/mol. The molecule has 8 heteroatoms. The Kier molecular flexibility index (Phi) is 6.20. The van der Waals surface area contributed by atoms with Crippen LogP contribution in [-0.2, 0) is 11.0 Å². The van der Waals surface area contributed by atoms with Crippen molar-refractivity contribution in [1.29, 1.82) is 0 Å². The van der Waals surface area contributed by atoms with Crippen LogP contribution in [0.2, 0.25) is 0 Å². The first-order chi connectivity index (χ1) is 12.6. The van der Waals surface area contributed by atoms with E-state index < -0.39 is 35.4 Å². The smallest absolute Gasteiger partial charge is 0.340 e. The minimum atomic E-state index is -4.54. The van der Waals surface area contributed by atoms with Gasteiger partial charge in [-0.15, -0.1) is 0 Å². The number of rotatable bonds is 5. The summed E-state index contributed by atoms with van der Waals surface area (Å²) in [5, 5.41) is 4.79. The molecule has 2 rings (SSSR count). The van der Waals surface area contributed by atoms with E-state index in [1.807, 2.05) is 0 Å². The summed E-state index contributed by atoms with van der Waals surface area (Å²) in [5.41, 5.74) is -1.19. The molecule has 27 heavy (non-hydrogen) atoms. The molecule has 0 saturated carbocycles. The van der Waals surface area contributed by atoms with Gasteiger partial charge >= 0.3 is 6.18 Å². The summed E-state index contributed by atoms with van der Waals surface area (Å²) < 4.78 is 52.1. The highest BCUT2D eigenvalue weighted by atomic mass is 19.4. The van der Waals surface area contributed by atoms with Gasteiger partial charge in [0.1, 0.15) is 11.9 Å². The van der Waals surface area contributed by atoms with Gasteiger partial charge in [0.2, 0.25) is 5.91 Å². The highest BCUT2D eigenvalue weighted by Crippen LogP contribution is 2.30. The van der Waals surface area contributed by atoms with E-state index in [2.05, 4.69) is 10.6 Å². The fourth-order valence-electron chi connectivity index (χ4n) is 2.39. The molecule has 0 aliphatic heterocycles. The van der Waals surface area contributed by atoms with Crippen LogP contribution >= 0.6 is 0 Å². The Morgan fingerprint density at radius 2 is 1.67 bits per heavy atom. The summed E-state index contributed by atoms with van der Waals surface area (Å²) in [6.45, 7) is 3.30. The van der Waals surface area contributed by atoms with Crippen LogP contribution in [0, 0.1) is 11.7 Å². The van der Waals surface area contributed by atoms with Gasteiger partial charge in [0.25, 0.3) is 5.91 Å². The molecule has 0 radical (unpaired) electrons. The number of hydrogen-bond acceptors (Lipinski definition) is 2. The first-order valence-corrected chi connectivity index (χ1v) is 8.13. The van der Waals surface area contributed by atoms with Crippen LogP contribution in [0.3, 0.4) is 0 Å². The van der Waals surface area contributed by atoms with E-state index in [9.17, 15) is 27.2 Å². The van der Waals surface area contributed by atoms with Crippen LogP contribution in [0.25, 0.3) is 0 Å². The molecule has 0 saturated heterocycles. The number of anilines is 1. The van der Waals surface area contributed by atoms with Gasteiger partial charge in [-0.1, -0.05) is 32.0 Å². The zero-order valence-electron chi connectivity index (χ0n) is 14.6.